The molecule has 0 N–H and O–H groups in total. The van der Waals surface area contributed by atoms with Gasteiger partial charge in [0.15, 0.2) is 8.68 Å². The smallest absolute Gasteiger partial charge is 0.233 e. The van der Waals surface area contributed by atoms with E-state index >= 15 is 0 Å². The van der Waals surface area contributed by atoms with Gasteiger partial charge in [-0.15, -0.1) is 10.2 Å². The van der Waals surface area contributed by atoms with E-state index < -0.39 is 0 Å². The molecule has 1 aromatic heterocycles. The quantitative estimate of drug-likeness (QED) is 0.783. The summed E-state index contributed by atoms with van der Waals surface area (Å²) >= 11 is 4.72. The number of piperidine rings is 1. The Kier molecular flexibility index (Phi) is 5.45. The molecule has 1 saturated heterocycles. The van der Waals surface area contributed by atoms with Crippen molar-refractivity contribution in [3.63, 3.8) is 0 Å². The van der Waals surface area contributed by atoms with Gasteiger partial charge >= 0.3 is 0 Å². The van der Waals surface area contributed by atoms with Crippen molar-refractivity contribution in [2.45, 2.75) is 53.2 Å². The number of carbonyl (C=O) groups excluding carboxylic acids is 1. The molecule has 2 fully saturated rings. The van der Waals surface area contributed by atoms with E-state index in [2.05, 4.69) is 15.1 Å². The minimum atomic E-state index is 0.289. The number of thioether (sulfide) groups is 2. The Bertz CT molecular complexity index is 492. The van der Waals surface area contributed by atoms with E-state index in [1.54, 1.807) is 23.1 Å². The number of amides is 1. The zero-order chi connectivity index (χ0) is 14.7. The molecule has 4 nitrogen and oxygen atoms in total. The van der Waals surface area contributed by atoms with Crippen LogP contribution in [0.1, 0.15) is 38.5 Å². The second-order valence-corrected chi connectivity index (χ2v) is 8.92. The van der Waals surface area contributed by atoms with Crippen LogP contribution in [0.3, 0.4) is 0 Å². The number of hydrogen-bond acceptors (Lipinski definition) is 6. The minimum Gasteiger partial charge on any atom is -0.339 e. The number of fused-ring (bicyclic) bond motifs is 1. The molecule has 0 radical (unpaired) electrons. The molecule has 1 aromatic rings. The molecule has 0 spiro atoms. The Morgan fingerprint density at radius 2 is 2.00 bits per heavy atom. The average molecular weight is 344 g/mol. The molecule has 3 rings (SSSR count). The second-order valence-electron chi connectivity index (χ2n) is 5.67. The zero-order valence-electron chi connectivity index (χ0n) is 12.3. The van der Waals surface area contributed by atoms with Gasteiger partial charge in [-0.1, -0.05) is 47.7 Å². The van der Waals surface area contributed by atoms with Crippen LogP contribution in [0.2, 0.25) is 0 Å². The summed E-state index contributed by atoms with van der Waals surface area (Å²) in [6.45, 7) is 0.951. The maximum absolute atomic E-state index is 12.6. The summed E-state index contributed by atoms with van der Waals surface area (Å²) in [5.74, 6) is 1.55. The van der Waals surface area contributed by atoms with E-state index in [-0.39, 0.29) is 5.91 Å². The van der Waals surface area contributed by atoms with Crippen LogP contribution in [0.5, 0.6) is 0 Å². The average Bonchev–Trinajstić information content (AvgIpc) is 3.00. The lowest BCUT2D eigenvalue weighted by Crippen LogP contribution is -2.50. The largest absolute Gasteiger partial charge is 0.339 e. The Labute approximate surface area is 138 Å². The topological polar surface area (TPSA) is 46.1 Å². The van der Waals surface area contributed by atoms with Gasteiger partial charge in [-0.2, -0.15) is 0 Å². The first kappa shape index (κ1) is 15.6. The molecular weight excluding hydrogens is 322 g/mol. The van der Waals surface area contributed by atoms with Gasteiger partial charge in [0.1, 0.15) is 0 Å². The predicted octanol–water partition coefficient (Wildman–Crippen LogP) is 3.53. The molecule has 2 atom stereocenters. The molecule has 2 heterocycles. The van der Waals surface area contributed by atoms with Crippen LogP contribution < -0.4 is 0 Å². The SMILES string of the molecule is CSc1nnc(SCC(=O)N2CCCC3CCCCC32)s1. The highest BCUT2D eigenvalue weighted by Crippen LogP contribution is 2.36. The maximum atomic E-state index is 12.6. The fourth-order valence-corrected chi connectivity index (χ4v) is 5.80. The summed E-state index contributed by atoms with van der Waals surface area (Å²) in [5.41, 5.74) is 0. The molecule has 7 heteroatoms. The summed E-state index contributed by atoms with van der Waals surface area (Å²) in [7, 11) is 0. The highest BCUT2D eigenvalue weighted by atomic mass is 32.2. The molecule has 21 heavy (non-hydrogen) atoms. The monoisotopic (exact) mass is 343 g/mol. The second kappa shape index (κ2) is 7.33. The van der Waals surface area contributed by atoms with E-state index in [9.17, 15) is 4.79 Å². The molecule has 1 amide bonds. The van der Waals surface area contributed by atoms with Crippen LogP contribution >= 0.6 is 34.9 Å². The van der Waals surface area contributed by atoms with E-state index in [1.165, 1.54) is 50.3 Å². The zero-order valence-corrected chi connectivity index (χ0v) is 14.7. The standard InChI is InChI=1S/C14H21N3OS3/c1-19-13-15-16-14(21-13)20-9-12(18)17-8-4-6-10-5-2-3-7-11(10)17/h10-11H,2-9H2,1H3. The van der Waals surface area contributed by atoms with Crippen LogP contribution in [0, 0.1) is 5.92 Å². The van der Waals surface area contributed by atoms with Gasteiger partial charge in [-0.05, 0) is 37.9 Å². The molecule has 116 valence electrons. The van der Waals surface area contributed by atoms with Crippen molar-refractivity contribution < 1.29 is 4.79 Å². The predicted molar refractivity (Wildman–Crippen MR) is 89.1 cm³/mol. The molecule has 0 bridgehead atoms. The van der Waals surface area contributed by atoms with Gasteiger partial charge in [0, 0.05) is 12.6 Å². The van der Waals surface area contributed by atoms with Crippen molar-refractivity contribution >= 4 is 40.8 Å². The molecule has 1 aliphatic heterocycles. The molecule has 2 aliphatic rings. The molecule has 1 aliphatic carbocycles. The third kappa shape index (κ3) is 3.74. The van der Waals surface area contributed by atoms with Crippen LogP contribution in [0.4, 0.5) is 0 Å². The Morgan fingerprint density at radius 3 is 2.81 bits per heavy atom. The summed E-state index contributed by atoms with van der Waals surface area (Å²) in [5, 5.41) is 8.20. The molecule has 2 unspecified atom stereocenters. The van der Waals surface area contributed by atoms with Crippen molar-refractivity contribution in [2.75, 3.05) is 18.6 Å². The first-order valence-electron chi connectivity index (χ1n) is 7.57. The number of rotatable bonds is 4. The Hall–Kier alpha value is -0.270. The number of hydrogen-bond donors (Lipinski definition) is 0. The van der Waals surface area contributed by atoms with Gasteiger partial charge in [0.05, 0.1) is 5.75 Å². The minimum absolute atomic E-state index is 0.289. The van der Waals surface area contributed by atoms with Crippen LogP contribution in [-0.4, -0.2) is 45.6 Å². The van der Waals surface area contributed by atoms with Crippen molar-refractivity contribution in [1.29, 1.82) is 0 Å². The Balaban J connectivity index is 1.56. The highest BCUT2D eigenvalue weighted by molar-refractivity contribution is 8.03. The molecule has 0 aromatic carbocycles. The van der Waals surface area contributed by atoms with Gasteiger partial charge in [0.25, 0.3) is 0 Å². The van der Waals surface area contributed by atoms with E-state index in [0.717, 1.165) is 21.1 Å². The normalized spacial score (nSPS) is 25.7. The molecule has 1 saturated carbocycles. The maximum Gasteiger partial charge on any atom is 0.233 e. The van der Waals surface area contributed by atoms with Gasteiger partial charge in [0.2, 0.25) is 5.91 Å². The summed E-state index contributed by atoms with van der Waals surface area (Å²) in [6, 6.07) is 0.511. The lowest BCUT2D eigenvalue weighted by atomic mass is 9.78. The van der Waals surface area contributed by atoms with Crippen molar-refractivity contribution in [3.8, 4) is 0 Å². The Morgan fingerprint density at radius 1 is 1.24 bits per heavy atom. The van der Waals surface area contributed by atoms with Crippen molar-refractivity contribution in [1.82, 2.24) is 15.1 Å². The van der Waals surface area contributed by atoms with Crippen LogP contribution in [0.15, 0.2) is 8.68 Å². The number of nitrogens with zero attached hydrogens (tertiary/aromatic N) is 3. The first-order valence-corrected chi connectivity index (χ1v) is 10.6. The highest BCUT2D eigenvalue weighted by Gasteiger charge is 2.35. The van der Waals surface area contributed by atoms with E-state index in [1.807, 2.05) is 6.26 Å². The van der Waals surface area contributed by atoms with E-state index in [0.29, 0.717) is 11.8 Å². The van der Waals surface area contributed by atoms with Crippen molar-refractivity contribution in [2.24, 2.45) is 5.92 Å². The van der Waals surface area contributed by atoms with Gasteiger partial charge < -0.3 is 4.90 Å². The van der Waals surface area contributed by atoms with Gasteiger partial charge in [-0.3, -0.25) is 4.79 Å². The third-order valence-corrected chi connectivity index (χ3v) is 7.46. The number of carbonyl (C=O) groups is 1. The first-order chi connectivity index (χ1) is 10.3. The van der Waals surface area contributed by atoms with Gasteiger partial charge in [-0.25, -0.2) is 0 Å². The van der Waals surface area contributed by atoms with E-state index in [4.69, 9.17) is 0 Å². The lowest BCUT2D eigenvalue weighted by molar-refractivity contribution is -0.134. The van der Waals surface area contributed by atoms with Crippen LogP contribution in [0.25, 0.3) is 0 Å². The third-order valence-electron chi connectivity index (χ3n) is 4.45. The fourth-order valence-electron chi connectivity index (χ4n) is 3.48. The summed E-state index contributed by atoms with van der Waals surface area (Å²) in [6.07, 6.45) is 9.64. The molecular formula is C14H21N3OS3. The summed E-state index contributed by atoms with van der Waals surface area (Å²) in [4.78, 5) is 14.7. The number of aromatic nitrogens is 2. The van der Waals surface area contributed by atoms with Crippen LogP contribution in [-0.2, 0) is 4.79 Å². The van der Waals surface area contributed by atoms with Crippen molar-refractivity contribution in [3.05, 3.63) is 0 Å². The number of likely N-dealkylation sites (tertiary alicyclic amines) is 1. The fraction of sp³-hybridized carbons (Fsp3) is 0.786. The summed E-state index contributed by atoms with van der Waals surface area (Å²) < 4.78 is 1.88. The lowest BCUT2D eigenvalue weighted by Gasteiger charge is -2.44.